The number of para-hydroxylation sites is 2. The molecule has 0 radical (unpaired) electrons. The lowest BCUT2D eigenvalue weighted by molar-refractivity contribution is 0.634. The van der Waals surface area contributed by atoms with Crippen molar-refractivity contribution in [2.45, 2.75) is 6.17 Å². The first kappa shape index (κ1) is 28.2. The molecule has 0 aliphatic carbocycles. The Balaban J connectivity index is 1.18. The lowest BCUT2D eigenvalue weighted by atomic mass is 9.88. The Bertz CT molecular complexity index is 3160. The second kappa shape index (κ2) is 10.9. The van der Waals surface area contributed by atoms with Crippen molar-refractivity contribution in [2.75, 3.05) is 0 Å². The molecule has 10 aromatic rings. The van der Waals surface area contributed by atoms with E-state index in [0.29, 0.717) is 0 Å². The molecule has 1 aromatic heterocycles. The zero-order valence-corrected chi connectivity index (χ0v) is 27.7. The molecule has 1 atom stereocenters. The van der Waals surface area contributed by atoms with Crippen LogP contribution in [0.2, 0.25) is 0 Å². The number of nitrogens with zero attached hydrogens (tertiary/aromatic N) is 2. The van der Waals surface area contributed by atoms with Gasteiger partial charge in [-0.05, 0) is 67.7 Å². The van der Waals surface area contributed by atoms with E-state index in [4.69, 9.17) is 4.99 Å². The molecule has 1 aliphatic heterocycles. The van der Waals surface area contributed by atoms with Gasteiger partial charge in [0.25, 0.3) is 0 Å². The summed E-state index contributed by atoms with van der Waals surface area (Å²) >= 11 is 0. The predicted molar refractivity (Wildman–Crippen MR) is 213 cm³/mol. The predicted octanol–water partition coefficient (Wildman–Crippen LogP) is 10.5. The van der Waals surface area contributed by atoms with Gasteiger partial charge in [0.2, 0.25) is 0 Å². The van der Waals surface area contributed by atoms with E-state index in [-0.39, 0.29) is 6.17 Å². The fourth-order valence-electron chi connectivity index (χ4n) is 8.60. The Morgan fingerprint density at radius 1 is 0.431 bits per heavy atom. The van der Waals surface area contributed by atoms with Crippen molar-refractivity contribution in [3.63, 3.8) is 0 Å². The van der Waals surface area contributed by atoms with Gasteiger partial charge in [0.15, 0.2) is 0 Å². The zero-order chi connectivity index (χ0) is 33.5. The van der Waals surface area contributed by atoms with E-state index < -0.39 is 0 Å². The maximum atomic E-state index is 5.17. The average molecular weight is 650 g/mol. The third-order valence-corrected chi connectivity index (χ3v) is 10.8. The van der Waals surface area contributed by atoms with Gasteiger partial charge in [0, 0.05) is 32.5 Å². The van der Waals surface area contributed by atoms with Crippen LogP contribution in [0.15, 0.2) is 181 Å². The van der Waals surface area contributed by atoms with Gasteiger partial charge in [-0.15, -0.1) is 0 Å². The molecule has 1 aliphatic rings. The maximum Gasteiger partial charge on any atom is 0.145 e. The molecule has 1 N–H and O–H groups in total. The minimum absolute atomic E-state index is 0.202. The number of nitrogens with one attached hydrogen (secondary N) is 1. The molecule has 3 heteroatoms. The first-order valence-corrected chi connectivity index (χ1v) is 17.6. The van der Waals surface area contributed by atoms with E-state index in [2.05, 4.69) is 186 Å². The molecular weight excluding hydrogens is 619 g/mol. The minimum Gasteiger partial charge on any atom is -0.359 e. The van der Waals surface area contributed by atoms with Gasteiger partial charge in [-0.2, -0.15) is 0 Å². The molecule has 0 saturated carbocycles. The summed E-state index contributed by atoms with van der Waals surface area (Å²) in [4.78, 5) is 5.17. The highest BCUT2D eigenvalue weighted by Crippen LogP contribution is 2.47. The van der Waals surface area contributed by atoms with Crippen molar-refractivity contribution in [3.05, 3.63) is 198 Å². The van der Waals surface area contributed by atoms with Gasteiger partial charge in [0.05, 0.1) is 22.1 Å². The highest BCUT2D eigenvalue weighted by Gasteiger charge is 2.23. The van der Waals surface area contributed by atoms with Crippen LogP contribution in [0.4, 0.5) is 0 Å². The summed E-state index contributed by atoms with van der Waals surface area (Å²) in [6.45, 7) is 0. The summed E-state index contributed by atoms with van der Waals surface area (Å²) in [5, 5.41) is 18.8. The molecular formula is C48H31N3. The van der Waals surface area contributed by atoms with Crippen molar-refractivity contribution in [3.8, 4) is 5.69 Å². The maximum absolute atomic E-state index is 5.17. The fraction of sp³-hybridized carbons (Fsp3) is 0.0208. The van der Waals surface area contributed by atoms with Crippen LogP contribution in [0.5, 0.6) is 0 Å². The number of hydrogen-bond acceptors (Lipinski definition) is 2. The number of aromatic nitrogens is 1. The molecule has 3 nitrogen and oxygen atoms in total. The molecule has 0 amide bonds. The Kier molecular flexibility index (Phi) is 6.02. The molecule has 238 valence electrons. The molecule has 11 rings (SSSR count). The van der Waals surface area contributed by atoms with Gasteiger partial charge >= 0.3 is 0 Å². The molecule has 0 bridgehead atoms. The molecule has 0 spiro atoms. The van der Waals surface area contributed by atoms with E-state index in [9.17, 15) is 0 Å². The van der Waals surface area contributed by atoms with Gasteiger partial charge in [0.1, 0.15) is 6.17 Å². The molecule has 51 heavy (non-hydrogen) atoms. The minimum atomic E-state index is -0.202. The first-order chi connectivity index (χ1) is 25.3. The quantitative estimate of drug-likeness (QED) is 0.190. The molecule has 1 unspecified atom stereocenters. The second-order valence-electron chi connectivity index (χ2n) is 13.5. The smallest absolute Gasteiger partial charge is 0.145 e. The first-order valence-electron chi connectivity index (χ1n) is 17.6. The van der Waals surface area contributed by atoms with E-state index >= 15 is 0 Å². The third-order valence-electron chi connectivity index (χ3n) is 10.8. The van der Waals surface area contributed by atoms with E-state index in [0.717, 1.165) is 33.1 Å². The zero-order valence-electron chi connectivity index (χ0n) is 27.7. The molecule has 2 heterocycles. The summed E-state index contributed by atoms with van der Waals surface area (Å²) in [5.74, 6) is 0. The van der Waals surface area contributed by atoms with Crippen LogP contribution in [0, 0.1) is 0 Å². The Labute approximate surface area is 294 Å². The summed E-state index contributed by atoms with van der Waals surface area (Å²) in [6.07, 6.45) is -0.202. The number of hydrogen-bond donors (Lipinski definition) is 1. The SMILES string of the molecule is c1ccc(C2=c3ccccc3=NC(c3ccc(-n4c5ccccc5c5c6c7ccccc7c7ccccc7c6c6ccccc6c54)cc3)N2)cc1. The molecule has 0 fully saturated rings. The van der Waals surface area contributed by atoms with Crippen molar-refractivity contribution < 1.29 is 0 Å². The standard InChI is InChI=1S/C48H31N3/c1-2-14-30(15-3-1)46-39-22-10-12-24-41(39)49-48(50-46)31-26-28-32(29-27-31)51-42-25-13-11-23-40(42)45-44-36-19-7-5-17-34(36)33-16-4-6-18-35(33)43(44)37-20-8-9-21-38(37)47(45)51/h1-29,48,50H. The third kappa shape index (κ3) is 4.09. The van der Waals surface area contributed by atoms with Gasteiger partial charge in [-0.1, -0.05) is 152 Å². The van der Waals surface area contributed by atoms with Crippen LogP contribution in [0.3, 0.4) is 0 Å². The normalized spacial score (nSPS) is 14.4. The molecule has 9 aromatic carbocycles. The van der Waals surface area contributed by atoms with E-state index in [1.807, 2.05) is 0 Å². The van der Waals surface area contributed by atoms with Crippen molar-refractivity contribution in [1.29, 1.82) is 0 Å². The van der Waals surface area contributed by atoms with E-state index in [1.165, 1.54) is 64.9 Å². The fourth-order valence-corrected chi connectivity index (χ4v) is 8.60. The van der Waals surface area contributed by atoms with Crippen LogP contribution in [-0.4, -0.2) is 4.57 Å². The summed E-state index contributed by atoms with van der Waals surface area (Å²) in [5.41, 5.74) is 6.95. The van der Waals surface area contributed by atoms with Crippen LogP contribution < -0.4 is 15.9 Å². The summed E-state index contributed by atoms with van der Waals surface area (Å²) in [7, 11) is 0. The van der Waals surface area contributed by atoms with Crippen LogP contribution in [0.25, 0.3) is 76.3 Å². The number of fused-ring (bicyclic) bond motifs is 14. The van der Waals surface area contributed by atoms with Gasteiger partial charge in [-0.25, -0.2) is 0 Å². The Hall–Kier alpha value is -6.71. The molecule has 0 saturated heterocycles. The summed E-state index contributed by atoms with van der Waals surface area (Å²) in [6, 6.07) is 63.6. The van der Waals surface area contributed by atoms with Crippen molar-refractivity contribution in [2.24, 2.45) is 4.99 Å². The van der Waals surface area contributed by atoms with Crippen LogP contribution in [0.1, 0.15) is 17.3 Å². The van der Waals surface area contributed by atoms with Crippen molar-refractivity contribution >= 4 is 70.6 Å². The Morgan fingerprint density at radius 3 is 1.71 bits per heavy atom. The van der Waals surface area contributed by atoms with Crippen LogP contribution >= 0.6 is 0 Å². The number of rotatable bonds is 3. The lowest BCUT2D eigenvalue weighted by Gasteiger charge is -2.23. The Morgan fingerprint density at radius 2 is 0.980 bits per heavy atom. The van der Waals surface area contributed by atoms with Gasteiger partial charge in [-0.3, -0.25) is 4.99 Å². The van der Waals surface area contributed by atoms with E-state index in [1.54, 1.807) is 0 Å². The largest absolute Gasteiger partial charge is 0.359 e. The summed E-state index contributed by atoms with van der Waals surface area (Å²) < 4.78 is 2.47. The highest BCUT2D eigenvalue weighted by molar-refractivity contribution is 6.42. The number of benzene rings is 9. The topological polar surface area (TPSA) is 29.3 Å². The van der Waals surface area contributed by atoms with Crippen LogP contribution in [-0.2, 0) is 0 Å². The van der Waals surface area contributed by atoms with Crippen molar-refractivity contribution in [1.82, 2.24) is 9.88 Å². The lowest BCUT2D eigenvalue weighted by Crippen LogP contribution is -2.39. The van der Waals surface area contributed by atoms with Gasteiger partial charge < -0.3 is 9.88 Å². The average Bonchev–Trinajstić information content (AvgIpc) is 3.56. The second-order valence-corrected chi connectivity index (χ2v) is 13.5. The highest BCUT2D eigenvalue weighted by atomic mass is 15.1. The monoisotopic (exact) mass is 649 g/mol.